The van der Waals surface area contributed by atoms with Gasteiger partial charge >= 0.3 is 0 Å². The highest BCUT2D eigenvalue weighted by molar-refractivity contribution is 5.81. The number of hydrogen-bond acceptors (Lipinski definition) is 3. The Morgan fingerprint density at radius 1 is 1.16 bits per heavy atom. The summed E-state index contributed by atoms with van der Waals surface area (Å²) in [6.45, 7) is 0. The number of para-hydroxylation sites is 1. The van der Waals surface area contributed by atoms with Crippen LogP contribution in [0.4, 0.5) is 0 Å². The maximum atomic E-state index is 10.4. The molecule has 0 fully saturated rings. The van der Waals surface area contributed by atoms with Gasteiger partial charge < -0.3 is 9.67 Å². The Kier molecular flexibility index (Phi) is 3.01. The van der Waals surface area contributed by atoms with Gasteiger partial charge in [-0.3, -0.25) is 4.98 Å². The molecule has 3 rings (SSSR count). The standard InChI is InChI=1S/C15H15N3O/c1-18-9-8-16-14(18)10-13(19)12-6-2-4-11-5-3-7-17-15(11)12/h2-9,13,19H,10H2,1H3. The van der Waals surface area contributed by atoms with E-state index in [1.807, 2.05) is 48.1 Å². The molecule has 1 unspecified atom stereocenters. The smallest absolute Gasteiger partial charge is 0.111 e. The Morgan fingerprint density at radius 3 is 2.79 bits per heavy atom. The molecule has 0 saturated heterocycles. The number of hydrogen-bond donors (Lipinski definition) is 1. The van der Waals surface area contributed by atoms with Crippen LogP contribution >= 0.6 is 0 Å². The molecule has 0 aliphatic rings. The quantitative estimate of drug-likeness (QED) is 0.779. The number of aryl methyl sites for hydroxylation is 1. The molecule has 0 spiro atoms. The van der Waals surface area contributed by atoms with Crippen molar-refractivity contribution in [3.8, 4) is 0 Å². The lowest BCUT2D eigenvalue weighted by Gasteiger charge is -2.12. The van der Waals surface area contributed by atoms with Gasteiger partial charge in [-0.05, 0) is 6.07 Å². The van der Waals surface area contributed by atoms with Crippen LogP contribution in [0.15, 0.2) is 48.9 Å². The zero-order valence-corrected chi connectivity index (χ0v) is 10.7. The van der Waals surface area contributed by atoms with Crippen molar-refractivity contribution < 1.29 is 5.11 Å². The molecule has 0 radical (unpaired) electrons. The minimum absolute atomic E-state index is 0.485. The Bertz CT molecular complexity index is 700. The lowest BCUT2D eigenvalue weighted by molar-refractivity contribution is 0.176. The largest absolute Gasteiger partial charge is 0.388 e. The molecule has 1 N–H and O–H groups in total. The van der Waals surface area contributed by atoms with E-state index in [4.69, 9.17) is 0 Å². The fourth-order valence-corrected chi connectivity index (χ4v) is 2.27. The molecule has 19 heavy (non-hydrogen) atoms. The van der Waals surface area contributed by atoms with Crippen LogP contribution in [0.1, 0.15) is 17.5 Å². The maximum absolute atomic E-state index is 10.4. The minimum atomic E-state index is -0.598. The van der Waals surface area contributed by atoms with Crippen LogP contribution < -0.4 is 0 Å². The number of imidazole rings is 1. The molecule has 4 heteroatoms. The molecule has 1 atom stereocenters. The van der Waals surface area contributed by atoms with Crippen LogP contribution in [0.3, 0.4) is 0 Å². The lowest BCUT2D eigenvalue weighted by Crippen LogP contribution is -2.07. The molecule has 0 aliphatic heterocycles. The van der Waals surface area contributed by atoms with E-state index in [0.717, 1.165) is 22.3 Å². The number of rotatable bonds is 3. The van der Waals surface area contributed by atoms with Gasteiger partial charge in [0.2, 0.25) is 0 Å². The summed E-state index contributed by atoms with van der Waals surface area (Å²) in [6.07, 6.45) is 5.25. The second kappa shape index (κ2) is 4.82. The summed E-state index contributed by atoms with van der Waals surface area (Å²) >= 11 is 0. The second-order valence-electron chi connectivity index (χ2n) is 4.60. The highest BCUT2D eigenvalue weighted by Crippen LogP contribution is 2.24. The second-order valence-corrected chi connectivity index (χ2v) is 4.60. The summed E-state index contributed by atoms with van der Waals surface area (Å²) in [5.74, 6) is 0.862. The fourth-order valence-electron chi connectivity index (χ4n) is 2.27. The summed E-state index contributed by atoms with van der Waals surface area (Å²) in [7, 11) is 1.93. The molecule has 2 heterocycles. The summed E-state index contributed by atoms with van der Waals surface area (Å²) < 4.78 is 1.92. The first-order valence-electron chi connectivity index (χ1n) is 6.23. The van der Waals surface area contributed by atoms with Gasteiger partial charge in [-0.25, -0.2) is 4.98 Å². The number of pyridine rings is 1. The van der Waals surface area contributed by atoms with Gasteiger partial charge in [0.25, 0.3) is 0 Å². The van der Waals surface area contributed by atoms with Crippen LogP contribution in [-0.2, 0) is 13.5 Å². The highest BCUT2D eigenvalue weighted by atomic mass is 16.3. The van der Waals surface area contributed by atoms with Crippen molar-refractivity contribution in [1.82, 2.24) is 14.5 Å². The third kappa shape index (κ3) is 2.22. The zero-order chi connectivity index (χ0) is 13.2. The first-order valence-corrected chi connectivity index (χ1v) is 6.23. The summed E-state index contributed by atoms with van der Waals surface area (Å²) in [6, 6.07) is 9.76. The van der Waals surface area contributed by atoms with Gasteiger partial charge in [-0.2, -0.15) is 0 Å². The molecule has 1 aromatic carbocycles. The first kappa shape index (κ1) is 11.9. The van der Waals surface area contributed by atoms with Crippen LogP contribution in [0, 0.1) is 0 Å². The van der Waals surface area contributed by atoms with E-state index in [-0.39, 0.29) is 0 Å². The van der Waals surface area contributed by atoms with Gasteiger partial charge in [-0.15, -0.1) is 0 Å². The molecular formula is C15H15N3O. The molecular weight excluding hydrogens is 238 g/mol. The average molecular weight is 253 g/mol. The van der Waals surface area contributed by atoms with Crippen molar-refractivity contribution >= 4 is 10.9 Å². The predicted molar refractivity (Wildman–Crippen MR) is 73.6 cm³/mol. The Morgan fingerprint density at radius 2 is 2.00 bits per heavy atom. The number of benzene rings is 1. The first-order chi connectivity index (χ1) is 9.25. The van der Waals surface area contributed by atoms with Gasteiger partial charge in [0.1, 0.15) is 5.82 Å². The maximum Gasteiger partial charge on any atom is 0.111 e. The molecule has 0 saturated carbocycles. The van der Waals surface area contributed by atoms with Gasteiger partial charge in [0, 0.05) is 43.0 Å². The van der Waals surface area contributed by atoms with Crippen molar-refractivity contribution in [3.05, 3.63) is 60.3 Å². The Hall–Kier alpha value is -2.20. The van der Waals surface area contributed by atoms with E-state index < -0.39 is 6.10 Å². The van der Waals surface area contributed by atoms with E-state index >= 15 is 0 Å². The Labute approximate surface area is 111 Å². The molecule has 4 nitrogen and oxygen atoms in total. The van der Waals surface area contributed by atoms with E-state index in [9.17, 15) is 5.11 Å². The molecule has 0 amide bonds. The van der Waals surface area contributed by atoms with Crippen LogP contribution in [0.5, 0.6) is 0 Å². The minimum Gasteiger partial charge on any atom is -0.388 e. The van der Waals surface area contributed by atoms with Crippen molar-refractivity contribution in [3.63, 3.8) is 0 Å². The molecule has 0 aliphatic carbocycles. The lowest BCUT2D eigenvalue weighted by atomic mass is 10.0. The molecule has 3 aromatic rings. The van der Waals surface area contributed by atoms with Crippen LogP contribution in [0.2, 0.25) is 0 Å². The number of aliphatic hydroxyl groups is 1. The summed E-state index contributed by atoms with van der Waals surface area (Å²) in [5, 5.41) is 11.5. The number of aromatic nitrogens is 3. The average Bonchev–Trinajstić information content (AvgIpc) is 2.83. The molecule has 96 valence electrons. The normalized spacial score (nSPS) is 12.7. The van der Waals surface area contributed by atoms with Gasteiger partial charge in [0.05, 0.1) is 11.6 Å². The summed E-state index contributed by atoms with van der Waals surface area (Å²) in [5.41, 5.74) is 1.70. The molecule has 0 bridgehead atoms. The van der Waals surface area contributed by atoms with Crippen LogP contribution in [-0.4, -0.2) is 19.6 Å². The van der Waals surface area contributed by atoms with E-state index in [1.165, 1.54) is 0 Å². The number of aliphatic hydroxyl groups excluding tert-OH is 1. The zero-order valence-electron chi connectivity index (χ0n) is 10.7. The predicted octanol–water partition coefficient (Wildman–Crippen LogP) is 2.24. The topological polar surface area (TPSA) is 50.9 Å². The van der Waals surface area contributed by atoms with E-state index in [2.05, 4.69) is 9.97 Å². The van der Waals surface area contributed by atoms with Crippen molar-refractivity contribution in [2.24, 2.45) is 7.05 Å². The van der Waals surface area contributed by atoms with Gasteiger partial charge in [-0.1, -0.05) is 24.3 Å². The Balaban J connectivity index is 1.98. The monoisotopic (exact) mass is 253 g/mol. The van der Waals surface area contributed by atoms with E-state index in [0.29, 0.717) is 6.42 Å². The SMILES string of the molecule is Cn1ccnc1CC(O)c1cccc2cccnc12. The van der Waals surface area contributed by atoms with E-state index in [1.54, 1.807) is 12.4 Å². The summed E-state index contributed by atoms with van der Waals surface area (Å²) in [4.78, 5) is 8.61. The third-order valence-corrected chi connectivity index (χ3v) is 3.32. The number of nitrogens with zero attached hydrogens (tertiary/aromatic N) is 3. The third-order valence-electron chi connectivity index (χ3n) is 3.32. The van der Waals surface area contributed by atoms with Crippen molar-refractivity contribution in [2.45, 2.75) is 12.5 Å². The molecule has 2 aromatic heterocycles. The highest BCUT2D eigenvalue weighted by Gasteiger charge is 2.14. The van der Waals surface area contributed by atoms with Crippen molar-refractivity contribution in [1.29, 1.82) is 0 Å². The van der Waals surface area contributed by atoms with Crippen molar-refractivity contribution in [2.75, 3.05) is 0 Å². The van der Waals surface area contributed by atoms with Crippen LogP contribution in [0.25, 0.3) is 10.9 Å². The number of fused-ring (bicyclic) bond motifs is 1. The fraction of sp³-hybridized carbons (Fsp3) is 0.200. The van der Waals surface area contributed by atoms with Gasteiger partial charge in [0.15, 0.2) is 0 Å².